The van der Waals surface area contributed by atoms with E-state index in [9.17, 15) is 28.1 Å². The number of ether oxygens (including phenoxy) is 1. The van der Waals surface area contributed by atoms with Crippen LogP contribution in [0.3, 0.4) is 0 Å². The average molecular weight is 532 g/mol. The van der Waals surface area contributed by atoms with Crippen molar-refractivity contribution in [1.82, 2.24) is 14.6 Å². The summed E-state index contributed by atoms with van der Waals surface area (Å²) in [5.41, 5.74) is 12.3. The molecule has 0 aliphatic heterocycles. The molecule has 202 valence electrons. The van der Waals surface area contributed by atoms with Crippen molar-refractivity contribution >= 4 is 28.3 Å². The Morgan fingerprint density at radius 1 is 1.19 bits per heavy atom. The smallest absolute Gasteiger partial charge is 0.411 e. The van der Waals surface area contributed by atoms with Crippen molar-refractivity contribution in [2.75, 3.05) is 20.6 Å². The summed E-state index contributed by atoms with van der Waals surface area (Å²) in [6, 6.07) is 4.78. The third kappa shape index (κ3) is 10.7. The third-order valence-electron chi connectivity index (χ3n) is 4.38. The second-order valence-corrected chi connectivity index (χ2v) is 10.5. The third-order valence-corrected chi connectivity index (χ3v) is 5.68. The fourth-order valence-corrected chi connectivity index (χ4v) is 3.23. The molecule has 0 aliphatic rings. The molecule has 2 amide bonds. The molecule has 0 fully saturated rings. The first-order valence-electron chi connectivity index (χ1n) is 10.7. The number of nitrogens with one attached hydrogen (secondary N) is 1. The summed E-state index contributed by atoms with van der Waals surface area (Å²) >= 11 is 0. The zero-order valence-electron chi connectivity index (χ0n) is 20.8. The number of nitro groups is 1. The molecule has 0 spiro atoms. The number of carbonyl (C=O) groups is 2. The van der Waals surface area contributed by atoms with Gasteiger partial charge in [-0.15, -0.1) is 0 Å². The number of amides is 2. The van der Waals surface area contributed by atoms with Gasteiger partial charge in [0.2, 0.25) is 5.91 Å². The van der Waals surface area contributed by atoms with Crippen molar-refractivity contribution in [1.29, 1.82) is 0 Å². The SMILES string of the molecule is CN(C)S(=O)(=O)Oc1ccc(CN(C(=O)OC(C)(C)C)[C@H](CCCN=C(N)N[N+](=O)[O-])C(N)=O)cc1. The fraction of sp³-hybridized carbons (Fsp3) is 0.550. The van der Waals surface area contributed by atoms with Crippen molar-refractivity contribution in [3.8, 4) is 5.75 Å². The van der Waals surface area contributed by atoms with Crippen LogP contribution in [0.1, 0.15) is 39.2 Å². The van der Waals surface area contributed by atoms with Crippen LogP contribution >= 0.6 is 0 Å². The molecular formula is C20H33N7O8S. The van der Waals surface area contributed by atoms with Crippen molar-refractivity contribution in [3.05, 3.63) is 39.9 Å². The Hall–Kier alpha value is -3.66. The quantitative estimate of drug-likeness (QED) is 0.110. The van der Waals surface area contributed by atoms with Gasteiger partial charge in [-0.2, -0.15) is 12.7 Å². The maximum Gasteiger partial charge on any atom is 0.411 e. The number of rotatable bonds is 12. The van der Waals surface area contributed by atoms with Gasteiger partial charge in [0.1, 0.15) is 17.4 Å². The van der Waals surface area contributed by atoms with E-state index in [1.807, 2.05) is 0 Å². The molecule has 1 aromatic rings. The summed E-state index contributed by atoms with van der Waals surface area (Å²) in [6.45, 7) is 4.95. The highest BCUT2D eigenvalue weighted by Gasteiger charge is 2.31. The van der Waals surface area contributed by atoms with Crippen LogP contribution in [-0.4, -0.2) is 72.9 Å². The molecule has 16 heteroatoms. The average Bonchev–Trinajstić information content (AvgIpc) is 2.71. The van der Waals surface area contributed by atoms with E-state index in [4.69, 9.17) is 20.4 Å². The van der Waals surface area contributed by atoms with Gasteiger partial charge in [0.05, 0.1) is 0 Å². The Morgan fingerprint density at radius 2 is 1.78 bits per heavy atom. The van der Waals surface area contributed by atoms with Crippen LogP contribution in [0.25, 0.3) is 0 Å². The first-order valence-corrected chi connectivity index (χ1v) is 12.1. The Morgan fingerprint density at radius 3 is 2.25 bits per heavy atom. The lowest BCUT2D eigenvalue weighted by atomic mass is 10.1. The van der Waals surface area contributed by atoms with Crippen molar-refractivity contribution in [2.24, 2.45) is 16.5 Å². The highest BCUT2D eigenvalue weighted by atomic mass is 32.2. The molecule has 0 saturated heterocycles. The second kappa shape index (κ2) is 12.9. The van der Waals surface area contributed by atoms with E-state index in [2.05, 4.69) is 4.99 Å². The summed E-state index contributed by atoms with van der Waals surface area (Å²) < 4.78 is 35.1. The first kappa shape index (κ1) is 30.4. The van der Waals surface area contributed by atoms with Gasteiger partial charge in [-0.3, -0.25) is 9.69 Å². The lowest BCUT2D eigenvalue weighted by Gasteiger charge is -2.32. The summed E-state index contributed by atoms with van der Waals surface area (Å²) in [5, 5.41) is 9.53. The maximum atomic E-state index is 13.0. The van der Waals surface area contributed by atoms with Gasteiger partial charge < -0.3 is 20.4 Å². The van der Waals surface area contributed by atoms with Gasteiger partial charge in [-0.25, -0.2) is 19.9 Å². The van der Waals surface area contributed by atoms with Crippen LogP contribution in [0.2, 0.25) is 0 Å². The molecule has 0 radical (unpaired) electrons. The number of nitrogens with two attached hydrogens (primary N) is 2. The predicted octanol–water partition coefficient (Wildman–Crippen LogP) is 0.339. The van der Waals surface area contributed by atoms with E-state index in [-0.39, 0.29) is 31.7 Å². The Bertz CT molecular complexity index is 1050. The van der Waals surface area contributed by atoms with Crippen LogP contribution in [0.15, 0.2) is 29.3 Å². The summed E-state index contributed by atoms with van der Waals surface area (Å²) in [5.74, 6) is -1.14. The second-order valence-electron chi connectivity index (χ2n) is 8.77. The minimum Gasteiger partial charge on any atom is -0.444 e. The van der Waals surface area contributed by atoms with Crippen LogP contribution in [0.4, 0.5) is 4.79 Å². The highest BCUT2D eigenvalue weighted by Crippen LogP contribution is 2.21. The first-order chi connectivity index (χ1) is 16.5. The summed E-state index contributed by atoms with van der Waals surface area (Å²) in [6.07, 6.45) is -0.492. The zero-order valence-corrected chi connectivity index (χ0v) is 21.6. The van der Waals surface area contributed by atoms with Crippen LogP contribution in [-0.2, 0) is 26.4 Å². The minimum absolute atomic E-state index is 0.0327. The van der Waals surface area contributed by atoms with Gasteiger partial charge in [0, 0.05) is 27.2 Å². The van der Waals surface area contributed by atoms with E-state index in [1.54, 1.807) is 26.2 Å². The summed E-state index contributed by atoms with van der Waals surface area (Å²) in [7, 11) is -1.30. The van der Waals surface area contributed by atoms with Crippen LogP contribution in [0.5, 0.6) is 5.75 Å². The molecule has 1 atom stereocenters. The molecule has 0 aliphatic carbocycles. The van der Waals surface area contributed by atoms with Crippen LogP contribution in [0, 0.1) is 10.1 Å². The minimum atomic E-state index is -3.95. The molecule has 1 rings (SSSR count). The van der Waals surface area contributed by atoms with Crippen molar-refractivity contribution in [3.63, 3.8) is 0 Å². The van der Waals surface area contributed by atoms with Crippen molar-refractivity contribution < 1.29 is 32.0 Å². The largest absolute Gasteiger partial charge is 0.444 e. The molecule has 0 bridgehead atoms. The lowest BCUT2D eigenvalue weighted by Crippen LogP contribution is -2.49. The van der Waals surface area contributed by atoms with Gasteiger partial charge in [-0.05, 0) is 51.3 Å². The molecule has 0 saturated carbocycles. The molecular weight excluding hydrogens is 498 g/mol. The van der Waals surface area contributed by atoms with Crippen molar-refractivity contribution in [2.45, 2.75) is 51.8 Å². The highest BCUT2D eigenvalue weighted by molar-refractivity contribution is 7.84. The number of hydrazine groups is 1. The van der Waals surface area contributed by atoms with E-state index < -0.39 is 44.9 Å². The number of benzene rings is 1. The Kier molecular flexibility index (Phi) is 10.9. The number of aliphatic imine (C=N–C) groups is 1. The number of guanidine groups is 1. The van der Waals surface area contributed by atoms with Gasteiger partial charge in [0.25, 0.3) is 5.96 Å². The zero-order chi connectivity index (χ0) is 27.7. The van der Waals surface area contributed by atoms with Gasteiger partial charge in [0.15, 0.2) is 5.03 Å². The number of hydrogen-bond donors (Lipinski definition) is 3. The molecule has 0 aromatic heterocycles. The van der Waals surface area contributed by atoms with E-state index >= 15 is 0 Å². The predicted molar refractivity (Wildman–Crippen MR) is 130 cm³/mol. The maximum absolute atomic E-state index is 13.0. The molecule has 5 N–H and O–H groups in total. The van der Waals surface area contributed by atoms with E-state index in [1.165, 1.54) is 38.4 Å². The van der Waals surface area contributed by atoms with Gasteiger partial charge >= 0.3 is 16.4 Å². The fourth-order valence-electron chi connectivity index (χ4n) is 2.73. The molecule has 0 heterocycles. The van der Waals surface area contributed by atoms with Gasteiger partial charge in [-0.1, -0.05) is 17.6 Å². The topological polar surface area (TPSA) is 213 Å². The monoisotopic (exact) mass is 531 g/mol. The summed E-state index contributed by atoms with van der Waals surface area (Å²) in [4.78, 5) is 40.5. The van der Waals surface area contributed by atoms with E-state index in [0.717, 1.165) is 9.21 Å². The van der Waals surface area contributed by atoms with E-state index in [0.29, 0.717) is 5.56 Å². The Labute approximate surface area is 209 Å². The Balaban J connectivity index is 3.09. The van der Waals surface area contributed by atoms with Crippen LogP contribution < -0.4 is 21.1 Å². The number of hydrogen-bond acceptors (Lipinski definition) is 9. The number of primary amides is 1. The number of carbonyl (C=O) groups excluding carboxylic acids is 2. The molecule has 0 unspecified atom stereocenters. The molecule has 36 heavy (non-hydrogen) atoms. The molecule has 15 nitrogen and oxygen atoms in total. The normalized spacial score (nSPS) is 13.1. The standard InChI is InChI=1S/C20H33N7O8S/c1-20(2,3)34-19(29)26(16(17(21)28)7-6-12-23-18(22)24-27(30)31)13-14-8-10-15(11-9-14)35-36(32,33)25(4)5/h8-11,16H,6-7,12-13H2,1-5H3,(H2,21,28)(H3,22,23,24)/t16-/m1/s1. The lowest BCUT2D eigenvalue weighted by molar-refractivity contribution is -0.525. The number of nitrogens with zero attached hydrogens (tertiary/aromatic N) is 4. The molecule has 1 aromatic carbocycles.